The van der Waals surface area contributed by atoms with Gasteiger partial charge in [0.05, 0.1) is 17.1 Å². The molecule has 10 heteroatoms. The largest absolute Gasteiger partial charge is 0.354 e. The summed E-state index contributed by atoms with van der Waals surface area (Å²) < 4.78 is 27.4. The van der Waals surface area contributed by atoms with E-state index >= 15 is 0 Å². The lowest BCUT2D eigenvalue weighted by atomic mass is 10.1. The van der Waals surface area contributed by atoms with Gasteiger partial charge in [-0.25, -0.2) is 13.8 Å². The minimum absolute atomic E-state index is 0.226. The predicted molar refractivity (Wildman–Crippen MR) is 142 cm³/mol. The number of carbonyl (C=O) groups excluding carboxylic acids is 1. The van der Waals surface area contributed by atoms with Crippen LogP contribution >= 0.6 is 23.1 Å². The number of anilines is 3. The second-order valence-corrected chi connectivity index (χ2v) is 11.6. The molecular formula is C25H20N4O3S3. The van der Waals surface area contributed by atoms with Crippen molar-refractivity contribution in [2.75, 3.05) is 10.0 Å². The summed E-state index contributed by atoms with van der Waals surface area (Å²) in [6, 6.07) is 23.5. The molecule has 0 radical (unpaired) electrons. The monoisotopic (exact) mass is 520 g/mol. The standard InChI is InChI=1S/C25H20N4O3S3/c1-16(18-10-13-23-21(15-18)26-20-5-2-3-6-22(20)34-23)27-28-25(30)17-8-11-19(12-9-17)29-35(31,32)24-7-4-14-33-24/h2-15,26,29H,1H3,(H,28,30)/b27-16-. The van der Waals surface area contributed by atoms with Gasteiger partial charge in [-0.2, -0.15) is 5.10 Å². The third-order valence-corrected chi connectivity index (χ3v) is 9.19. The Morgan fingerprint density at radius 2 is 1.63 bits per heavy atom. The van der Waals surface area contributed by atoms with Gasteiger partial charge >= 0.3 is 0 Å². The van der Waals surface area contributed by atoms with Gasteiger partial charge in [-0.05, 0) is 72.5 Å². The van der Waals surface area contributed by atoms with Crippen LogP contribution in [0.4, 0.5) is 17.1 Å². The van der Waals surface area contributed by atoms with E-state index < -0.39 is 15.9 Å². The number of carbonyl (C=O) groups is 1. The highest BCUT2D eigenvalue weighted by Crippen LogP contribution is 2.44. The van der Waals surface area contributed by atoms with Gasteiger partial charge in [-0.15, -0.1) is 11.3 Å². The summed E-state index contributed by atoms with van der Waals surface area (Å²) in [5, 5.41) is 9.39. The van der Waals surface area contributed by atoms with Crippen LogP contribution < -0.4 is 15.5 Å². The van der Waals surface area contributed by atoms with Crippen LogP contribution in [0, 0.1) is 0 Å². The minimum Gasteiger partial charge on any atom is -0.354 e. The van der Waals surface area contributed by atoms with Gasteiger partial charge in [0.2, 0.25) is 0 Å². The van der Waals surface area contributed by atoms with Gasteiger partial charge in [0, 0.05) is 21.0 Å². The van der Waals surface area contributed by atoms with Crippen molar-refractivity contribution in [3.05, 3.63) is 95.4 Å². The first-order chi connectivity index (χ1) is 16.9. The van der Waals surface area contributed by atoms with E-state index in [-0.39, 0.29) is 4.21 Å². The number of benzene rings is 3. The molecule has 3 aromatic carbocycles. The van der Waals surface area contributed by atoms with E-state index in [9.17, 15) is 13.2 Å². The molecule has 0 saturated carbocycles. The fourth-order valence-corrected chi connectivity index (χ4v) is 6.46. The van der Waals surface area contributed by atoms with E-state index in [1.807, 2.05) is 43.3 Å². The molecule has 35 heavy (non-hydrogen) atoms. The molecule has 0 saturated heterocycles. The molecule has 0 aliphatic carbocycles. The molecule has 7 nitrogen and oxygen atoms in total. The molecular weight excluding hydrogens is 501 g/mol. The molecule has 1 aliphatic rings. The molecule has 0 spiro atoms. The highest BCUT2D eigenvalue weighted by Gasteiger charge is 2.17. The first-order valence-corrected chi connectivity index (χ1v) is 13.8. The Hall–Kier alpha value is -3.60. The third-order valence-electron chi connectivity index (χ3n) is 5.26. The molecule has 3 N–H and O–H groups in total. The van der Waals surface area contributed by atoms with Crippen LogP contribution in [-0.4, -0.2) is 20.0 Å². The van der Waals surface area contributed by atoms with Crippen molar-refractivity contribution >= 4 is 61.8 Å². The molecule has 0 bridgehead atoms. The summed E-state index contributed by atoms with van der Waals surface area (Å²) in [6.45, 7) is 1.83. The van der Waals surface area contributed by atoms with Gasteiger partial charge in [-0.1, -0.05) is 36.0 Å². The molecule has 1 aliphatic heterocycles. The average Bonchev–Trinajstić information content (AvgIpc) is 3.42. The van der Waals surface area contributed by atoms with E-state index in [0.29, 0.717) is 17.0 Å². The molecule has 0 unspecified atom stereocenters. The molecule has 1 amide bonds. The smallest absolute Gasteiger partial charge is 0.271 e. The maximum Gasteiger partial charge on any atom is 0.271 e. The van der Waals surface area contributed by atoms with Crippen LogP contribution in [0.1, 0.15) is 22.8 Å². The van der Waals surface area contributed by atoms with E-state index in [1.165, 1.54) is 11.0 Å². The molecule has 0 fully saturated rings. The minimum atomic E-state index is -3.64. The van der Waals surface area contributed by atoms with Gasteiger partial charge in [-0.3, -0.25) is 9.52 Å². The van der Waals surface area contributed by atoms with Crippen LogP contribution in [0.15, 0.2) is 103 Å². The maximum atomic E-state index is 12.6. The first-order valence-electron chi connectivity index (χ1n) is 10.6. The van der Waals surface area contributed by atoms with Crippen molar-refractivity contribution in [1.82, 2.24) is 5.43 Å². The van der Waals surface area contributed by atoms with Crippen molar-refractivity contribution in [2.45, 2.75) is 20.9 Å². The molecule has 1 aromatic heterocycles. The van der Waals surface area contributed by atoms with Crippen LogP contribution in [0.3, 0.4) is 0 Å². The number of nitrogens with one attached hydrogen (secondary N) is 3. The topological polar surface area (TPSA) is 99.7 Å². The lowest BCUT2D eigenvalue weighted by Crippen LogP contribution is -2.19. The second-order valence-electron chi connectivity index (χ2n) is 7.69. The fourth-order valence-electron chi connectivity index (χ4n) is 3.44. The van der Waals surface area contributed by atoms with Gasteiger partial charge in [0.25, 0.3) is 15.9 Å². The van der Waals surface area contributed by atoms with E-state index in [4.69, 9.17) is 0 Å². The number of rotatable bonds is 6. The highest BCUT2D eigenvalue weighted by atomic mass is 32.2. The van der Waals surface area contributed by atoms with Gasteiger partial charge < -0.3 is 5.32 Å². The Balaban J connectivity index is 1.24. The Kier molecular flexibility index (Phi) is 6.33. The van der Waals surface area contributed by atoms with E-state index in [2.05, 4.69) is 26.6 Å². The highest BCUT2D eigenvalue weighted by molar-refractivity contribution is 7.99. The SMILES string of the molecule is C/C(=N/NC(=O)c1ccc(NS(=O)(=O)c2cccs2)cc1)c1ccc2c(c1)Nc1ccccc1S2. The molecule has 4 aromatic rings. The lowest BCUT2D eigenvalue weighted by Gasteiger charge is -2.21. The first kappa shape index (κ1) is 23.2. The van der Waals surface area contributed by atoms with Crippen LogP contribution in [-0.2, 0) is 10.0 Å². The Morgan fingerprint density at radius 1 is 0.886 bits per heavy atom. The fraction of sp³-hybridized carbons (Fsp3) is 0.0400. The number of sulfonamides is 1. The number of amides is 1. The van der Waals surface area contributed by atoms with Gasteiger partial charge in [0.1, 0.15) is 4.21 Å². The summed E-state index contributed by atoms with van der Waals surface area (Å²) in [7, 11) is -3.64. The van der Waals surface area contributed by atoms with Gasteiger partial charge in [0.15, 0.2) is 0 Å². The predicted octanol–water partition coefficient (Wildman–Crippen LogP) is 5.91. The second kappa shape index (κ2) is 9.57. The lowest BCUT2D eigenvalue weighted by molar-refractivity contribution is 0.0955. The quantitative estimate of drug-likeness (QED) is 0.191. The number of hydrogen-bond donors (Lipinski definition) is 3. The van der Waals surface area contributed by atoms with Crippen LogP contribution in [0.5, 0.6) is 0 Å². The zero-order valence-electron chi connectivity index (χ0n) is 18.5. The molecule has 5 rings (SSSR count). The van der Waals surface area contributed by atoms with Crippen molar-refractivity contribution in [3.63, 3.8) is 0 Å². The summed E-state index contributed by atoms with van der Waals surface area (Å²) >= 11 is 2.84. The van der Waals surface area contributed by atoms with Crippen molar-refractivity contribution < 1.29 is 13.2 Å². The van der Waals surface area contributed by atoms with Crippen LogP contribution in [0.2, 0.25) is 0 Å². The Labute approximate surface area is 211 Å². The van der Waals surface area contributed by atoms with Crippen LogP contribution in [0.25, 0.3) is 0 Å². The number of fused-ring (bicyclic) bond motifs is 2. The number of hydrogen-bond acceptors (Lipinski definition) is 7. The Morgan fingerprint density at radius 3 is 2.40 bits per heavy atom. The number of thiophene rings is 1. The van der Waals surface area contributed by atoms with Crippen molar-refractivity contribution in [3.8, 4) is 0 Å². The zero-order valence-corrected chi connectivity index (χ0v) is 20.9. The number of para-hydroxylation sites is 1. The normalized spacial score (nSPS) is 12.8. The zero-order chi connectivity index (χ0) is 24.4. The van der Waals surface area contributed by atoms with E-state index in [1.54, 1.807) is 47.5 Å². The summed E-state index contributed by atoms with van der Waals surface area (Å²) in [4.78, 5) is 14.9. The summed E-state index contributed by atoms with van der Waals surface area (Å²) in [5.74, 6) is -0.391. The third kappa shape index (κ3) is 5.09. The number of hydrazone groups is 1. The number of nitrogens with zero attached hydrogens (tertiary/aromatic N) is 1. The molecule has 176 valence electrons. The Bertz CT molecular complexity index is 1530. The van der Waals surface area contributed by atoms with E-state index in [0.717, 1.165) is 33.2 Å². The molecule has 0 atom stereocenters. The summed E-state index contributed by atoms with van der Waals surface area (Å²) in [6.07, 6.45) is 0. The molecule has 2 heterocycles. The van der Waals surface area contributed by atoms with Crippen molar-refractivity contribution in [1.29, 1.82) is 0 Å². The summed E-state index contributed by atoms with van der Waals surface area (Å²) in [5.41, 5.74) is 6.90. The maximum absolute atomic E-state index is 12.6. The van der Waals surface area contributed by atoms with Crippen molar-refractivity contribution in [2.24, 2.45) is 5.10 Å². The average molecular weight is 521 g/mol.